The van der Waals surface area contributed by atoms with E-state index in [1.807, 2.05) is 42.5 Å². The molecule has 3 heteroatoms. The number of pyridine rings is 2. The smallest absolute Gasteiger partial charge is 0.131 e. The van der Waals surface area contributed by atoms with E-state index in [0.717, 1.165) is 22.0 Å². The Morgan fingerprint density at radius 3 is 2.71 bits per heavy atom. The number of hydrogen-bond donors (Lipinski definition) is 1. The fourth-order valence-corrected chi connectivity index (χ4v) is 1.89. The number of aromatic nitrogens is 2. The molecule has 0 amide bonds. The fraction of sp³-hybridized carbons (Fsp3) is 0. The highest BCUT2D eigenvalue weighted by atomic mass is 14.8. The molecule has 0 radical (unpaired) electrons. The van der Waals surface area contributed by atoms with Crippen LogP contribution in [0.1, 0.15) is 0 Å². The first kappa shape index (κ1) is 9.78. The van der Waals surface area contributed by atoms with Gasteiger partial charge in [0.1, 0.15) is 5.82 Å². The summed E-state index contributed by atoms with van der Waals surface area (Å²) in [7, 11) is 0. The van der Waals surface area contributed by atoms with Gasteiger partial charge in [0.25, 0.3) is 0 Å². The second-order valence-corrected chi connectivity index (χ2v) is 3.86. The molecule has 3 rings (SSSR count). The molecule has 2 N–H and O–H groups in total. The Balaban J connectivity index is 2.26. The minimum atomic E-state index is 0.557. The molecular formula is C14H11N3. The van der Waals surface area contributed by atoms with E-state index in [-0.39, 0.29) is 0 Å². The molecule has 0 aliphatic heterocycles. The summed E-state index contributed by atoms with van der Waals surface area (Å²) in [6, 6.07) is 13.9. The molecule has 0 unspecified atom stereocenters. The normalized spacial score (nSPS) is 10.6. The molecule has 17 heavy (non-hydrogen) atoms. The van der Waals surface area contributed by atoms with Gasteiger partial charge in [-0.15, -0.1) is 0 Å². The van der Waals surface area contributed by atoms with Gasteiger partial charge in [-0.05, 0) is 23.6 Å². The number of anilines is 1. The van der Waals surface area contributed by atoms with Crippen molar-refractivity contribution in [1.82, 2.24) is 9.97 Å². The summed E-state index contributed by atoms with van der Waals surface area (Å²) < 4.78 is 0. The number of nitrogens with zero attached hydrogens (tertiary/aromatic N) is 2. The van der Waals surface area contributed by atoms with Gasteiger partial charge in [0.15, 0.2) is 0 Å². The average molecular weight is 221 g/mol. The molecule has 0 aliphatic rings. The maximum atomic E-state index is 5.96. The van der Waals surface area contributed by atoms with Crippen molar-refractivity contribution in [2.45, 2.75) is 0 Å². The summed E-state index contributed by atoms with van der Waals surface area (Å²) in [4.78, 5) is 8.50. The second kappa shape index (κ2) is 3.87. The van der Waals surface area contributed by atoms with Gasteiger partial charge in [-0.25, -0.2) is 4.98 Å². The predicted octanol–water partition coefficient (Wildman–Crippen LogP) is 2.88. The van der Waals surface area contributed by atoms with Crippen molar-refractivity contribution in [1.29, 1.82) is 0 Å². The number of nitrogens with two attached hydrogens (primary N) is 1. The minimum Gasteiger partial charge on any atom is -0.383 e. The van der Waals surface area contributed by atoms with Crippen molar-refractivity contribution < 1.29 is 0 Å². The van der Waals surface area contributed by atoms with Gasteiger partial charge < -0.3 is 5.73 Å². The molecule has 0 aliphatic carbocycles. The maximum Gasteiger partial charge on any atom is 0.131 e. The molecule has 0 spiro atoms. The van der Waals surface area contributed by atoms with Crippen LogP contribution in [-0.2, 0) is 0 Å². The van der Waals surface area contributed by atoms with Gasteiger partial charge in [0.2, 0.25) is 0 Å². The molecule has 3 nitrogen and oxygen atoms in total. The van der Waals surface area contributed by atoms with Crippen LogP contribution in [0.25, 0.3) is 22.0 Å². The van der Waals surface area contributed by atoms with Crippen molar-refractivity contribution in [3.8, 4) is 11.3 Å². The Morgan fingerprint density at radius 2 is 1.88 bits per heavy atom. The van der Waals surface area contributed by atoms with Crippen LogP contribution >= 0.6 is 0 Å². The molecular weight excluding hydrogens is 210 g/mol. The summed E-state index contributed by atoms with van der Waals surface area (Å²) in [5.74, 6) is 0.557. The third-order valence-corrected chi connectivity index (χ3v) is 2.73. The van der Waals surface area contributed by atoms with Crippen LogP contribution in [0.15, 0.2) is 54.9 Å². The van der Waals surface area contributed by atoms with Gasteiger partial charge >= 0.3 is 0 Å². The van der Waals surface area contributed by atoms with Crippen molar-refractivity contribution in [2.75, 3.05) is 5.73 Å². The summed E-state index contributed by atoms with van der Waals surface area (Å²) in [6.07, 6.45) is 3.53. The largest absolute Gasteiger partial charge is 0.383 e. The zero-order chi connectivity index (χ0) is 11.7. The minimum absolute atomic E-state index is 0.557. The van der Waals surface area contributed by atoms with Crippen LogP contribution in [0, 0.1) is 0 Å². The number of hydrogen-bond acceptors (Lipinski definition) is 3. The molecule has 82 valence electrons. The monoisotopic (exact) mass is 221 g/mol. The number of benzene rings is 1. The zero-order valence-electron chi connectivity index (χ0n) is 9.17. The summed E-state index contributed by atoms with van der Waals surface area (Å²) in [6.45, 7) is 0. The van der Waals surface area contributed by atoms with Crippen LogP contribution in [0.2, 0.25) is 0 Å². The van der Waals surface area contributed by atoms with E-state index < -0.39 is 0 Å². The summed E-state index contributed by atoms with van der Waals surface area (Å²) in [5.41, 5.74) is 7.80. The number of fused-ring (bicyclic) bond motifs is 1. The Kier molecular flexibility index (Phi) is 2.22. The molecule has 1 aromatic carbocycles. The standard InChI is InChI=1S/C14H11N3/c15-14-12-6-2-1-4-10(12)8-13(17-14)11-5-3-7-16-9-11/h1-9H,(H2,15,17). The van der Waals surface area contributed by atoms with E-state index in [1.165, 1.54) is 0 Å². The topological polar surface area (TPSA) is 51.8 Å². The highest BCUT2D eigenvalue weighted by Gasteiger charge is 2.04. The van der Waals surface area contributed by atoms with Crippen LogP contribution in [0.5, 0.6) is 0 Å². The van der Waals surface area contributed by atoms with Crippen LogP contribution < -0.4 is 5.73 Å². The van der Waals surface area contributed by atoms with Gasteiger partial charge in [-0.2, -0.15) is 0 Å². The molecule has 0 bridgehead atoms. The number of rotatable bonds is 1. The first-order valence-electron chi connectivity index (χ1n) is 5.40. The lowest BCUT2D eigenvalue weighted by atomic mass is 10.1. The fourth-order valence-electron chi connectivity index (χ4n) is 1.89. The lowest BCUT2D eigenvalue weighted by molar-refractivity contribution is 1.29. The van der Waals surface area contributed by atoms with Gasteiger partial charge in [0, 0.05) is 23.3 Å². The van der Waals surface area contributed by atoms with E-state index >= 15 is 0 Å². The quantitative estimate of drug-likeness (QED) is 0.687. The Morgan fingerprint density at radius 1 is 1.00 bits per heavy atom. The van der Waals surface area contributed by atoms with Crippen molar-refractivity contribution in [3.05, 3.63) is 54.9 Å². The summed E-state index contributed by atoms with van der Waals surface area (Å²) >= 11 is 0. The van der Waals surface area contributed by atoms with E-state index in [4.69, 9.17) is 5.73 Å². The molecule has 0 fully saturated rings. The zero-order valence-corrected chi connectivity index (χ0v) is 9.17. The van der Waals surface area contributed by atoms with Gasteiger partial charge in [-0.3, -0.25) is 4.98 Å². The third-order valence-electron chi connectivity index (χ3n) is 2.73. The first-order valence-corrected chi connectivity index (χ1v) is 5.40. The van der Waals surface area contributed by atoms with Crippen LogP contribution in [0.4, 0.5) is 5.82 Å². The predicted molar refractivity (Wildman–Crippen MR) is 69.4 cm³/mol. The second-order valence-electron chi connectivity index (χ2n) is 3.86. The molecule has 2 heterocycles. The SMILES string of the molecule is Nc1nc(-c2cccnc2)cc2ccccc12. The Labute approximate surface area is 98.9 Å². The Hall–Kier alpha value is -2.42. The average Bonchev–Trinajstić information content (AvgIpc) is 2.40. The lowest BCUT2D eigenvalue weighted by Gasteiger charge is -2.05. The van der Waals surface area contributed by atoms with Crippen LogP contribution in [-0.4, -0.2) is 9.97 Å². The van der Waals surface area contributed by atoms with E-state index in [9.17, 15) is 0 Å². The van der Waals surface area contributed by atoms with Crippen molar-refractivity contribution >= 4 is 16.6 Å². The Bertz CT molecular complexity index is 663. The highest BCUT2D eigenvalue weighted by Crippen LogP contribution is 2.25. The maximum absolute atomic E-state index is 5.96. The molecule has 0 saturated heterocycles. The van der Waals surface area contributed by atoms with Crippen molar-refractivity contribution in [3.63, 3.8) is 0 Å². The molecule has 3 aromatic rings. The van der Waals surface area contributed by atoms with E-state index in [1.54, 1.807) is 12.4 Å². The van der Waals surface area contributed by atoms with Gasteiger partial charge in [-0.1, -0.05) is 24.3 Å². The molecule has 0 atom stereocenters. The lowest BCUT2D eigenvalue weighted by Crippen LogP contribution is -1.94. The summed E-state index contributed by atoms with van der Waals surface area (Å²) in [5, 5.41) is 2.08. The highest BCUT2D eigenvalue weighted by molar-refractivity contribution is 5.93. The first-order chi connectivity index (χ1) is 8.34. The van der Waals surface area contributed by atoms with Crippen molar-refractivity contribution in [2.24, 2.45) is 0 Å². The van der Waals surface area contributed by atoms with E-state index in [2.05, 4.69) is 9.97 Å². The number of nitrogen functional groups attached to an aromatic ring is 1. The third kappa shape index (κ3) is 1.72. The van der Waals surface area contributed by atoms with E-state index in [0.29, 0.717) is 5.82 Å². The van der Waals surface area contributed by atoms with Crippen LogP contribution in [0.3, 0.4) is 0 Å². The molecule has 2 aromatic heterocycles. The van der Waals surface area contributed by atoms with Gasteiger partial charge in [0.05, 0.1) is 5.69 Å². The molecule has 0 saturated carbocycles.